The van der Waals surface area contributed by atoms with Gasteiger partial charge in [0.2, 0.25) is 5.16 Å². The lowest BCUT2D eigenvalue weighted by molar-refractivity contribution is 0.825. The molecule has 0 amide bonds. The van der Waals surface area contributed by atoms with Crippen molar-refractivity contribution in [2.75, 3.05) is 5.43 Å². The Kier molecular flexibility index (Phi) is 3.20. The van der Waals surface area contributed by atoms with Crippen LogP contribution in [0.1, 0.15) is 11.1 Å². The van der Waals surface area contributed by atoms with Crippen LogP contribution in [-0.4, -0.2) is 14.9 Å². The summed E-state index contributed by atoms with van der Waals surface area (Å²) in [5.41, 5.74) is 7.88. The summed E-state index contributed by atoms with van der Waals surface area (Å²) >= 11 is 1.58. The Balaban J connectivity index is 1.75. The van der Waals surface area contributed by atoms with E-state index < -0.39 is 0 Å². The third-order valence-electron chi connectivity index (χ3n) is 3.62. The van der Waals surface area contributed by atoms with Gasteiger partial charge in [0.15, 0.2) is 5.82 Å². The Labute approximate surface area is 132 Å². The minimum absolute atomic E-state index is 0.835. The fourth-order valence-electron chi connectivity index (χ4n) is 2.45. The van der Waals surface area contributed by atoms with E-state index in [1.54, 1.807) is 11.8 Å². The molecule has 1 aliphatic heterocycles. The smallest absolute Gasteiger partial charge is 0.214 e. The molecule has 108 valence electrons. The number of fused-ring (bicyclic) bond motifs is 1. The monoisotopic (exact) mass is 306 g/mol. The topological polar surface area (TPSA) is 42.7 Å². The van der Waals surface area contributed by atoms with Gasteiger partial charge in [-0.05, 0) is 18.1 Å². The highest BCUT2D eigenvalue weighted by molar-refractivity contribution is 8.02. The lowest BCUT2D eigenvalue weighted by Gasteiger charge is -2.19. The molecule has 2 heterocycles. The van der Waals surface area contributed by atoms with Crippen molar-refractivity contribution in [2.24, 2.45) is 0 Å². The zero-order chi connectivity index (χ0) is 14.9. The van der Waals surface area contributed by atoms with Gasteiger partial charge in [0.1, 0.15) is 0 Å². The zero-order valence-corrected chi connectivity index (χ0v) is 12.8. The lowest BCUT2D eigenvalue weighted by atomic mass is 10.1. The van der Waals surface area contributed by atoms with Gasteiger partial charge in [-0.1, -0.05) is 66.4 Å². The normalized spacial score (nSPS) is 13.2. The summed E-state index contributed by atoms with van der Waals surface area (Å²) in [5.74, 6) is 0.835. The van der Waals surface area contributed by atoms with Crippen molar-refractivity contribution in [1.82, 2.24) is 14.9 Å². The van der Waals surface area contributed by atoms with Crippen molar-refractivity contribution in [2.45, 2.75) is 12.1 Å². The van der Waals surface area contributed by atoms with Gasteiger partial charge in [-0.25, -0.2) is 4.68 Å². The average molecular weight is 306 g/mol. The number of benzene rings is 2. The van der Waals surface area contributed by atoms with E-state index in [0.29, 0.717) is 0 Å². The van der Waals surface area contributed by atoms with Crippen LogP contribution in [0.3, 0.4) is 0 Å². The molecule has 3 aromatic rings. The molecule has 0 atom stereocenters. The summed E-state index contributed by atoms with van der Waals surface area (Å²) in [6.45, 7) is 2.08. The number of rotatable bonds is 2. The van der Waals surface area contributed by atoms with Crippen molar-refractivity contribution >= 4 is 17.5 Å². The molecule has 1 N–H and O–H groups in total. The second kappa shape index (κ2) is 5.35. The quantitative estimate of drug-likeness (QED) is 0.779. The highest BCUT2D eigenvalue weighted by atomic mass is 32.2. The van der Waals surface area contributed by atoms with E-state index in [9.17, 15) is 0 Å². The third-order valence-corrected chi connectivity index (χ3v) is 4.45. The van der Waals surface area contributed by atoms with E-state index >= 15 is 0 Å². The summed E-state index contributed by atoms with van der Waals surface area (Å²) in [6, 6.07) is 18.5. The fraction of sp³-hybridized carbons (Fsp3) is 0.0588. The van der Waals surface area contributed by atoms with E-state index in [4.69, 9.17) is 0 Å². The van der Waals surface area contributed by atoms with Crippen LogP contribution in [0.5, 0.6) is 0 Å². The number of aryl methyl sites for hydroxylation is 1. The number of nitrogens with zero attached hydrogens (tertiary/aromatic N) is 3. The molecule has 0 radical (unpaired) electrons. The molecule has 4 nitrogen and oxygen atoms in total. The third kappa shape index (κ3) is 2.19. The molecule has 0 fully saturated rings. The summed E-state index contributed by atoms with van der Waals surface area (Å²) < 4.78 is 1.95. The SMILES string of the molecule is Cc1ccccc1-c1nnc2n1NC(c1ccccc1)=CS2. The van der Waals surface area contributed by atoms with Crippen LogP contribution < -0.4 is 5.43 Å². The predicted molar refractivity (Wildman–Crippen MR) is 89.8 cm³/mol. The molecule has 2 aromatic carbocycles. The average Bonchev–Trinajstić information content (AvgIpc) is 2.99. The first-order valence-corrected chi connectivity index (χ1v) is 7.91. The van der Waals surface area contributed by atoms with Crippen molar-refractivity contribution in [1.29, 1.82) is 0 Å². The van der Waals surface area contributed by atoms with Crippen molar-refractivity contribution in [3.05, 3.63) is 71.1 Å². The maximum Gasteiger partial charge on any atom is 0.214 e. The van der Waals surface area contributed by atoms with Crippen molar-refractivity contribution < 1.29 is 0 Å². The molecule has 0 saturated carbocycles. The Hall–Kier alpha value is -2.53. The largest absolute Gasteiger partial charge is 0.289 e. The first-order chi connectivity index (χ1) is 10.8. The van der Waals surface area contributed by atoms with E-state index in [1.807, 2.05) is 35.0 Å². The summed E-state index contributed by atoms with van der Waals surface area (Å²) in [6.07, 6.45) is 0. The molecule has 0 aliphatic carbocycles. The van der Waals surface area contributed by atoms with E-state index in [2.05, 4.69) is 52.2 Å². The van der Waals surface area contributed by atoms with E-state index in [1.165, 1.54) is 5.56 Å². The molecular formula is C17H14N4S. The molecule has 1 aliphatic rings. The van der Waals surface area contributed by atoms with Crippen molar-refractivity contribution in [3.8, 4) is 11.4 Å². The van der Waals surface area contributed by atoms with Crippen LogP contribution in [0.4, 0.5) is 0 Å². The molecule has 4 rings (SSSR count). The van der Waals surface area contributed by atoms with Crippen LogP contribution in [0, 0.1) is 6.92 Å². The molecule has 22 heavy (non-hydrogen) atoms. The zero-order valence-electron chi connectivity index (χ0n) is 12.0. The van der Waals surface area contributed by atoms with Gasteiger partial charge in [0, 0.05) is 11.0 Å². The summed E-state index contributed by atoms with van der Waals surface area (Å²) in [7, 11) is 0. The number of aromatic nitrogens is 3. The molecule has 1 aromatic heterocycles. The second-order valence-electron chi connectivity index (χ2n) is 5.08. The maximum absolute atomic E-state index is 4.35. The van der Waals surface area contributed by atoms with Gasteiger partial charge in [0.05, 0.1) is 5.70 Å². The minimum Gasteiger partial charge on any atom is -0.289 e. The highest BCUT2D eigenvalue weighted by Crippen LogP contribution is 2.31. The van der Waals surface area contributed by atoms with Gasteiger partial charge in [0.25, 0.3) is 0 Å². The standard InChI is InChI=1S/C17H14N4S/c1-12-7-5-6-10-14(12)16-18-19-17-21(16)20-15(11-22-17)13-8-3-2-4-9-13/h2-11,20H,1H3. The Bertz CT molecular complexity index is 852. The second-order valence-corrected chi connectivity index (χ2v) is 5.92. The van der Waals surface area contributed by atoms with E-state index in [-0.39, 0.29) is 0 Å². The Morgan fingerprint density at radius 1 is 0.955 bits per heavy atom. The van der Waals surface area contributed by atoms with Crippen LogP contribution in [0.2, 0.25) is 0 Å². The van der Waals surface area contributed by atoms with Crippen LogP contribution in [0.25, 0.3) is 17.1 Å². The Morgan fingerprint density at radius 2 is 1.73 bits per heavy atom. The molecule has 0 bridgehead atoms. The van der Waals surface area contributed by atoms with Crippen LogP contribution in [0.15, 0.2) is 65.2 Å². The molecule has 0 spiro atoms. The van der Waals surface area contributed by atoms with Gasteiger partial charge < -0.3 is 0 Å². The first-order valence-electron chi connectivity index (χ1n) is 7.03. The van der Waals surface area contributed by atoms with E-state index in [0.717, 1.165) is 27.8 Å². The molecule has 0 unspecified atom stereocenters. The lowest BCUT2D eigenvalue weighted by Crippen LogP contribution is -2.18. The van der Waals surface area contributed by atoms with Crippen LogP contribution >= 0.6 is 11.8 Å². The van der Waals surface area contributed by atoms with Gasteiger partial charge in [-0.15, -0.1) is 10.2 Å². The molecular weight excluding hydrogens is 292 g/mol. The molecule has 0 saturated heterocycles. The Morgan fingerprint density at radius 3 is 2.55 bits per heavy atom. The fourth-order valence-corrected chi connectivity index (χ4v) is 3.19. The van der Waals surface area contributed by atoms with Gasteiger partial charge in [-0.3, -0.25) is 5.43 Å². The minimum atomic E-state index is 0.835. The van der Waals surface area contributed by atoms with Crippen LogP contribution in [-0.2, 0) is 0 Å². The highest BCUT2D eigenvalue weighted by Gasteiger charge is 2.20. The summed E-state index contributed by atoms with van der Waals surface area (Å²) in [5, 5.41) is 11.5. The number of thioether (sulfide) groups is 1. The number of hydrogen-bond acceptors (Lipinski definition) is 4. The number of nitrogens with one attached hydrogen (secondary N) is 1. The summed E-state index contributed by atoms with van der Waals surface area (Å²) in [4.78, 5) is 0. The predicted octanol–water partition coefficient (Wildman–Crippen LogP) is 3.90. The van der Waals surface area contributed by atoms with Gasteiger partial charge in [-0.2, -0.15) is 0 Å². The first kappa shape index (κ1) is 13.2. The van der Waals surface area contributed by atoms with Crippen molar-refractivity contribution in [3.63, 3.8) is 0 Å². The number of hydrogen-bond donors (Lipinski definition) is 1. The maximum atomic E-state index is 4.35. The van der Waals surface area contributed by atoms with Gasteiger partial charge >= 0.3 is 0 Å². The molecule has 5 heteroatoms.